The molecule has 0 radical (unpaired) electrons. The number of aryl methyl sites for hydroxylation is 1. The number of hydrogen-bond donors (Lipinski definition) is 0. The summed E-state index contributed by atoms with van der Waals surface area (Å²) in [5.74, 6) is 2.47. The highest BCUT2D eigenvalue weighted by Gasteiger charge is 2.28. The minimum absolute atomic E-state index is 0.217. The van der Waals surface area contributed by atoms with Crippen molar-refractivity contribution in [1.29, 1.82) is 0 Å². The van der Waals surface area contributed by atoms with Crippen molar-refractivity contribution in [2.75, 3.05) is 24.5 Å². The molecule has 0 saturated carbocycles. The summed E-state index contributed by atoms with van der Waals surface area (Å²) in [6.07, 6.45) is 10.1. The number of anilines is 1. The van der Waals surface area contributed by atoms with Gasteiger partial charge in [-0.05, 0) is 25.7 Å². The molecule has 2 fully saturated rings. The Kier molecular flexibility index (Phi) is 4.00. The van der Waals surface area contributed by atoms with Crippen LogP contribution in [-0.4, -0.2) is 55.0 Å². The lowest BCUT2D eigenvalue weighted by molar-refractivity contribution is -0.117. The molecule has 138 valence electrons. The van der Waals surface area contributed by atoms with Crippen LogP contribution in [0.1, 0.15) is 49.8 Å². The fraction of sp³-hybridized carbons (Fsp3) is 0.667. The fourth-order valence-electron chi connectivity index (χ4n) is 4.45. The van der Waals surface area contributed by atoms with E-state index < -0.39 is 0 Å². The maximum Gasteiger partial charge on any atom is 0.227 e. The number of likely N-dealkylation sites (tertiary alicyclic amines) is 1. The van der Waals surface area contributed by atoms with Gasteiger partial charge >= 0.3 is 0 Å². The molecule has 26 heavy (non-hydrogen) atoms. The lowest BCUT2D eigenvalue weighted by atomic mass is 10.2. The molecule has 0 spiro atoms. The van der Waals surface area contributed by atoms with E-state index in [4.69, 9.17) is 0 Å². The highest BCUT2D eigenvalue weighted by atomic mass is 16.2. The molecule has 0 bridgehead atoms. The fourth-order valence-corrected chi connectivity index (χ4v) is 4.45. The molecule has 0 aliphatic carbocycles. The SMILES string of the molecule is O=C1CCCN1c1cnn(C2CCN(Cc3nnc4n3CCCC4)C2)c1. The molecule has 1 atom stereocenters. The smallest absolute Gasteiger partial charge is 0.227 e. The number of amides is 1. The van der Waals surface area contributed by atoms with Crippen molar-refractivity contribution in [3.63, 3.8) is 0 Å². The molecule has 3 aliphatic rings. The summed E-state index contributed by atoms with van der Waals surface area (Å²) in [7, 11) is 0. The van der Waals surface area contributed by atoms with Gasteiger partial charge in [0.25, 0.3) is 0 Å². The Morgan fingerprint density at radius 3 is 2.92 bits per heavy atom. The van der Waals surface area contributed by atoms with Gasteiger partial charge in [-0.25, -0.2) is 0 Å². The Labute approximate surface area is 152 Å². The summed E-state index contributed by atoms with van der Waals surface area (Å²) in [5, 5.41) is 13.3. The molecule has 5 heterocycles. The van der Waals surface area contributed by atoms with Crippen LogP contribution in [0.15, 0.2) is 12.4 Å². The normalized spacial score (nSPS) is 23.8. The average molecular weight is 355 g/mol. The molecule has 0 aromatic carbocycles. The van der Waals surface area contributed by atoms with E-state index in [1.165, 1.54) is 12.8 Å². The predicted octanol–water partition coefficient (Wildman–Crippen LogP) is 1.38. The minimum Gasteiger partial charge on any atom is -0.314 e. The van der Waals surface area contributed by atoms with Crippen molar-refractivity contribution < 1.29 is 4.79 Å². The topological polar surface area (TPSA) is 72.1 Å². The van der Waals surface area contributed by atoms with E-state index in [-0.39, 0.29) is 5.91 Å². The van der Waals surface area contributed by atoms with Gasteiger partial charge in [0.2, 0.25) is 5.91 Å². The van der Waals surface area contributed by atoms with Crippen LogP contribution in [0.3, 0.4) is 0 Å². The molecule has 2 aromatic heterocycles. The molecule has 0 N–H and O–H groups in total. The lowest BCUT2D eigenvalue weighted by Gasteiger charge is -2.19. The Bertz CT molecular complexity index is 810. The van der Waals surface area contributed by atoms with Crippen LogP contribution in [0.5, 0.6) is 0 Å². The van der Waals surface area contributed by atoms with Gasteiger partial charge in [0.15, 0.2) is 0 Å². The number of carbonyl (C=O) groups excluding carboxylic acids is 1. The second kappa shape index (κ2) is 6.50. The monoisotopic (exact) mass is 355 g/mol. The van der Waals surface area contributed by atoms with E-state index in [2.05, 4.69) is 24.8 Å². The molecule has 8 nitrogen and oxygen atoms in total. The Balaban J connectivity index is 1.24. The van der Waals surface area contributed by atoms with Crippen molar-refractivity contribution in [2.45, 2.75) is 57.7 Å². The first-order chi connectivity index (χ1) is 12.8. The number of nitrogens with zero attached hydrogens (tertiary/aromatic N) is 7. The Morgan fingerprint density at radius 2 is 2.04 bits per heavy atom. The molecule has 5 rings (SSSR count). The summed E-state index contributed by atoms with van der Waals surface area (Å²) >= 11 is 0. The Hall–Kier alpha value is -2.22. The van der Waals surface area contributed by atoms with Gasteiger partial charge in [-0.15, -0.1) is 10.2 Å². The van der Waals surface area contributed by atoms with E-state index in [1.807, 2.05) is 22.0 Å². The van der Waals surface area contributed by atoms with Gasteiger partial charge in [-0.2, -0.15) is 5.10 Å². The molecule has 2 aromatic rings. The van der Waals surface area contributed by atoms with Gasteiger partial charge in [0.05, 0.1) is 24.5 Å². The van der Waals surface area contributed by atoms with Crippen molar-refractivity contribution in [3.05, 3.63) is 24.0 Å². The number of aromatic nitrogens is 5. The lowest BCUT2D eigenvalue weighted by Crippen LogP contribution is -2.25. The molecule has 1 amide bonds. The quantitative estimate of drug-likeness (QED) is 0.829. The van der Waals surface area contributed by atoms with Crippen molar-refractivity contribution >= 4 is 11.6 Å². The van der Waals surface area contributed by atoms with Gasteiger partial charge in [-0.3, -0.25) is 14.4 Å². The van der Waals surface area contributed by atoms with Crippen molar-refractivity contribution in [1.82, 2.24) is 29.4 Å². The molecular formula is C18H25N7O. The summed E-state index contributed by atoms with van der Waals surface area (Å²) in [5.41, 5.74) is 0.942. The highest BCUT2D eigenvalue weighted by Crippen LogP contribution is 2.27. The average Bonchev–Trinajstić information content (AvgIpc) is 3.42. The van der Waals surface area contributed by atoms with Gasteiger partial charge in [0, 0.05) is 45.2 Å². The third-order valence-corrected chi connectivity index (χ3v) is 5.90. The van der Waals surface area contributed by atoms with E-state index in [0.717, 1.165) is 69.3 Å². The third kappa shape index (κ3) is 2.82. The number of carbonyl (C=O) groups is 1. The van der Waals surface area contributed by atoms with Crippen LogP contribution in [0, 0.1) is 0 Å². The minimum atomic E-state index is 0.217. The summed E-state index contributed by atoms with van der Waals surface area (Å²) in [6.45, 7) is 4.75. The van der Waals surface area contributed by atoms with Gasteiger partial charge in [0.1, 0.15) is 11.6 Å². The number of fused-ring (bicyclic) bond motifs is 1. The standard InChI is InChI=1S/C18H25N7O/c26-18-5-3-8-23(18)15-10-19-25(12-15)14-6-9-22(11-14)13-17-21-20-16-4-1-2-7-24(16)17/h10,12,14H,1-9,11,13H2. The molecular weight excluding hydrogens is 330 g/mol. The van der Waals surface area contributed by atoms with Crippen LogP contribution >= 0.6 is 0 Å². The second-order valence-electron chi connectivity index (χ2n) is 7.65. The zero-order valence-electron chi connectivity index (χ0n) is 15.0. The summed E-state index contributed by atoms with van der Waals surface area (Å²) < 4.78 is 4.35. The first-order valence-corrected chi connectivity index (χ1v) is 9.76. The molecule has 1 unspecified atom stereocenters. The number of rotatable bonds is 4. The maximum absolute atomic E-state index is 11.9. The van der Waals surface area contributed by atoms with Gasteiger partial charge in [-0.1, -0.05) is 0 Å². The zero-order valence-corrected chi connectivity index (χ0v) is 15.0. The summed E-state index contributed by atoms with van der Waals surface area (Å²) in [4.78, 5) is 16.2. The third-order valence-electron chi connectivity index (χ3n) is 5.90. The van der Waals surface area contributed by atoms with E-state index in [9.17, 15) is 4.79 Å². The first kappa shape index (κ1) is 16.0. The van der Waals surface area contributed by atoms with Crippen LogP contribution in [0.25, 0.3) is 0 Å². The van der Waals surface area contributed by atoms with Gasteiger partial charge < -0.3 is 9.47 Å². The first-order valence-electron chi connectivity index (χ1n) is 9.76. The predicted molar refractivity (Wildman–Crippen MR) is 95.7 cm³/mol. The van der Waals surface area contributed by atoms with E-state index in [1.54, 1.807) is 0 Å². The Morgan fingerprint density at radius 1 is 1.08 bits per heavy atom. The molecule has 2 saturated heterocycles. The highest BCUT2D eigenvalue weighted by molar-refractivity contribution is 5.95. The van der Waals surface area contributed by atoms with Crippen molar-refractivity contribution in [2.24, 2.45) is 0 Å². The van der Waals surface area contributed by atoms with E-state index in [0.29, 0.717) is 12.5 Å². The molecule has 8 heteroatoms. The van der Waals surface area contributed by atoms with Crippen LogP contribution < -0.4 is 4.90 Å². The maximum atomic E-state index is 11.9. The second-order valence-corrected chi connectivity index (χ2v) is 7.65. The molecule has 3 aliphatic heterocycles. The van der Waals surface area contributed by atoms with Crippen LogP contribution in [0.2, 0.25) is 0 Å². The zero-order chi connectivity index (χ0) is 17.5. The van der Waals surface area contributed by atoms with Crippen LogP contribution in [-0.2, 0) is 24.3 Å². The van der Waals surface area contributed by atoms with E-state index >= 15 is 0 Å². The summed E-state index contributed by atoms with van der Waals surface area (Å²) in [6, 6.07) is 0.366. The largest absolute Gasteiger partial charge is 0.314 e. The number of hydrogen-bond acceptors (Lipinski definition) is 5. The van der Waals surface area contributed by atoms with Crippen LogP contribution in [0.4, 0.5) is 5.69 Å². The van der Waals surface area contributed by atoms with Crippen molar-refractivity contribution in [3.8, 4) is 0 Å².